The molecule has 0 atom stereocenters. The van der Waals surface area contributed by atoms with Crippen LogP contribution in [-0.4, -0.2) is 56.3 Å². The number of phenolic OH excluding ortho intramolecular Hbond substituents is 1. The zero-order chi connectivity index (χ0) is 19.2. The molecule has 0 bridgehead atoms. The van der Waals surface area contributed by atoms with Crippen LogP contribution in [0.4, 0.5) is 0 Å². The lowest BCUT2D eigenvalue weighted by Crippen LogP contribution is -2.30. The first kappa shape index (κ1) is 19.6. The number of hydrogen-bond donors (Lipinski definition) is 1. The van der Waals surface area contributed by atoms with Crippen LogP contribution in [-0.2, 0) is 16.0 Å². The van der Waals surface area contributed by atoms with E-state index in [9.17, 15) is 9.90 Å². The van der Waals surface area contributed by atoms with Crippen LogP contribution in [0.1, 0.15) is 20.8 Å². The lowest BCUT2D eigenvalue weighted by molar-refractivity contribution is 0.101. The number of nitrogens with zero attached hydrogens (tertiary/aromatic N) is 1. The lowest BCUT2D eigenvalue weighted by Gasteiger charge is -2.23. The average molecular weight is 389 g/mol. The summed E-state index contributed by atoms with van der Waals surface area (Å²) < 4.78 is 16.2. The molecule has 1 N–H and O–H groups in total. The Bertz CT molecular complexity index is 808. The van der Waals surface area contributed by atoms with E-state index in [1.54, 1.807) is 32.4 Å². The van der Waals surface area contributed by atoms with Crippen LogP contribution >= 0.6 is 11.3 Å². The Labute approximate surface area is 162 Å². The van der Waals surface area contributed by atoms with Gasteiger partial charge in [-0.05, 0) is 23.6 Å². The topological polar surface area (TPSA) is 68.2 Å². The molecule has 3 rings (SSSR count). The van der Waals surface area contributed by atoms with Gasteiger partial charge in [-0.25, -0.2) is 0 Å². The van der Waals surface area contributed by atoms with Crippen LogP contribution < -0.4 is 4.74 Å². The average Bonchev–Trinajstić information content (AvgIpc) is 3.28. The van der Waals surface area contributed by atoms with E-state index in [-0.39, 0.29) is 17.3 Å². The highest BCUT2D eigenvalue weighted by molar-refractivity contribution is 7.10. The van der Waals surface area contributed by atoms with Crippen LogP contribution in [0.15, 0.2) is 35.4 Å². The minimum Gasteiger partial charge on any atom is -0.507 e. The van der Waals surface area contributed by atoms with Gasteiger partial charge in [0.05, 0.1) is 24.3 Å². The minimum absolute atomic E-state index is 0.110. The Balaban J connectivity index is 1.87. The number of carbonyl (C=O) groups excluding carboxylic acids is 1. The summed E-state index contributed by atoms with van der Waals surface area (Å²) in [6.07, 6.45) is 1.74. The molecular weight excluding hydrogens is 366 g/mol. The van der Waals surface area contributed by atoms with E-state index < -0.39 is 0 Å². The molecule has 0 saturated heterocycles. The molecular formula is C20H23NO5S. The Morgan fingerprint density at radius 1 is 1.19 bits per heavy atom. The van der Waals surface area contributed by atoms with Crippen LogP contribution in [0.3, 0.4) is 0 Å². The molecule has 1 aliphatic heterocycles. The van der Waals surface area contributed by atoms with E-state index in [0.717, 1.165) is 4.88 Å². The van der Waals surface area contributed by atoms with E-state index in [2.05, 4.69) is 4.90 Å². The van der Waals surface area contributed by atoms with Gasteiger partial charge in [0.2, 0.25) is 5.78 Å². The summed E-state index contributed by atoms with van der Waals surface area (Å²) in [5, 5.41) is 12.3. The Hall–Kier alpha value is -2.19. The van der Waals surface area contributed by atoms with Crippen molar-refractivity contribution < 1.29 is 24.1 Å². The van der Waals surface area contributed by atoms with Crippen LogP contribution in [0.25, 0.3) is 6.08 Å². The zero-order valence-corrected chi connectivity index (χ0v) is 16.3. The molecule has 1 aromatic heterocycles. The van der Waals surface area contributed by atoms with E-state index >= 15 is 0 Å². The first-order valence-corrected chi connectivity index (χ1v) is 9.54. The van der Waals surface area contributed by atoms with Crippen molar-refractivity contribution in [2.24, 2.45) is 0 Å². The van der Waals surface area contributed by atoms with Gasteiger partial charge < -0.3 is 19.3 Å². The largest absolute Gasteiger partial charge is 0.507 e. The third-order valence-electron chi connectivity index (χ3n) is 4.34. The number of hydrogen-bond acceptors (Lipinski definition) is 7. The van der Waals surface area contributed by atoms with Gasteiger partial charge in [-0.15, -0.1) is 11.3 Å². The predicted octanol–water partition coefficient (Wildman–Crippen LogP) is 3.16. The fraction of sp³-hybridized carbons (Fsp3) is 0.350. The normalized spacial score (nSPS) is 14.8. The quantitative estimate of drug-likeness (QED) is 0.665. The molecule has 0 radical (unpaired) electrons. The Morgan fingerprint density at radius 3 is 2.56 bits per heavy atom. The molecule has 1 aliphatic rings. The smallest absolute Gasteiger partial charge is 0.232 e. The van der Waals surface area contributed by atoms with E-state index in [4.69, 9.17) is 14.2 Å². The van der Waals surface area contributed by atoms with E-state index in [1.165, 1.54) is 11.3 Å². The number of phenols is 1. The molecule has 0 unspecified atom stereocenters. The number of Topliss-reactive ketones (excluding diaryl/α,β-unsaturated/α-hetero) is 1. The van der Waals surface area contributed by atoms with Crippen LogP contribution in [0.5, 0.6) is 11.5 Å². The zero-order valence-electron chi connectivity index (χ0n) is 15.4. The summed E-state index contributed by atoms with van der Waals surface area (Å²) in [4.78, 5) is 15.7. The van der Waals surface area contributed by atoms with Gasteiger partial charge in [0, 0.05) is 44.8 Å². The van der Waals surface area contributed by atoms with Crippen molar-refractivity contribution >= 4 is 23.2 Å². The van der Waals surface area contributed by atoms with E-state index in [0.29, 0.717) is 49.7 Å². The number of fused-ring (bicyclic) bond motifs is 1. The second-order valence-corrected chi connectivity index (χ2v) is 7.14. The van der Waals surface area contributed by atoms with Crippen molar-refractivity contribution in [1.82, 2.24) is 4.90 Å². The molecule has 2 aromatic rings. The fourth-order valence-corrected chi connectivity index (χ4v) is 3.53. The first-order chi connectivity index (χ1) is 13.1. The minimum atomic E-state index is -0.167. The fourth-order valence-electron chi connectivity index (χ4n) is 2.89. The van der Waals surface area contributed by atoms with Gasteiger partial charge in [-0.2, -0.15) is 0 Å². The molecule has 0 spiro atoms. The van der Waals surface area contributed by atoms with E-state index in [1.807, 2.05) is 17.5 Å². The number of ether oxygens (including phenoxy) is 3. The summed E-state index contributed by atoms with van der Waals surface area (Å²) in [5.41, 5.74) is 1.08. The number of carbonyl (C=O) groups is 1. The van der Waals surface area contributed by atoms with Gasteiger partial charge in [0.25, 0.3) is 0 Å². The van der Waals surface area contributed by atoms with Crippen molar-refractivity contribution in [2.45, 2.75) is 6.54 Å². The maximum Gasteiger partial charge on any atom is 0.232 e. The summed E-state index contributed by atoms with van der Waals surface area (Å²) >= 11 is 1.53. The molecule has 0 aliphatic carbocycles. The number of methoxy groups -OCH3 is 2. The van der Waals surface area contributed by atoms with Crippen molar-refractivity contribution in [2.75, 3.05) is 40.5 Å². The molecule has 2 heterocycles. The van der Waals surface area contributed by atoms with Crippen molar-refractivity contribution in [1.29, 1.82) is 0 Å². The van der Waals surface area contributed by atoms with Crippen molar-refractivity contribution in [3.05, 3.63) is 51.4 Å². The molecule has 7 heteroatoms. The maximum absolute atomic E-state index is 12.7. The highest BCUT2D eigenvalue weighted by Gasteiger charge is 2.31. The molecule has 144 valence electrons. The number of aromatic hydroxyl groups is 1. The van der Waals surface area contributed by atoms with Crippen LogP contribution in [0.2, 0.25) is 0 Å². The van der Waals surface area contributed by atoms with Gasteiger partial charge in [-0.3, -0.25) is 9.69 Å². The highest BCUT2D eigenvalue weighted by atomic mass is 32.1. The number of thiophene rings is 1. The first-order valence-electron chi connectivity index (χ1n) is 8.67. The standard InChI is InChI=1S/C20H23NO5S/c1-24-9-7-21(8-10-25-2)13-16-17(22)6-5-15-19(23)18(26-20(15)16)12-14-4-3-11-27-14/h3-6,11-12,22H,7-10,13H2,1-2H3. The summed E-state index contributed by atoms with van der Waals surface area (Å²) in [5.74, 6) is 0.654. The second-order valence-electron chi connectivity index (χ2n) is 6.16. The molecule has 0 fully saturated rings. The maximum atomic E-state index is 12.7. The lowest BCUT2D eigenvalue weighted by atomic mass is 10.0. The second kappa shape index (κ2) is 9.14. The number of ketones is 1. The number of benzene rings is 1. The predicted molar refractivity (Wildman–Crippen MR) is 104 cm³/mol. The van der Waals surface area contributed by atoms with Crippen molar-refractivity contribution in [3.63, 3.8) is 0 Å². The number of rotatable bonds is 9. The summed E-state index contributed by atoms with van der Waals surface area (Å²) in [6, 6.07) is 7.01. The third-order valence-corrected chi connectivity index (χ3v) is 5.16. The van der Waals surface area contributed by atoms with Gasteiger partial charge >= 0.3 is 0 Å². The monoisotopic (exact) mass is 389 g/mol. The summed E-state index contributed by atoms with van der Waals surface area (Å²) in [6.45, 7) is 2.90. The molecule has 1 aromatic carbocycles. The number of allylic oxidation sites excluding steroid dienone is 1. The van der Waals surface area contributed by atoms with Gasteiger partial charge in [0.15, 0.2) is 5.76 Å². The van der Waals surface area contributed by atoms with Gasteiger partial charge in [-0.1, -0.05) is 6.07 Å². The van der Waals surface area contributed by atoms with Crippen LogP contribution in [0, 0.1) is 0 Å². The Kier molecular flexibility index (Phi) is 6.63. The SMILES string of the molecule is COCCN(CCOC)Cc1c(O)ccc2c1OC(=Cc1cccs1)C2=O. The highest BCUT2D eigenvalue weighted by Crippen LogP contribution is 2.40. The molecule has 0 saturated carbocycles. The Morgan fingerprint density at radius 2 is 1.93 bits per heavy atom. The summed E-state index contributed by atoms with van der Waals surface area (Å²) in [7, 11) is 3.30. The van der Waals surface area contributed by atoms with Crippen molar-refractivity contribution in [3.8, 4) is 11.5 Å². The molecule has 0 amide bonds. The molecule has 27 heavy (non-hydrogen) atoms. The molecule has 6 nitrogen and oxygen atoms in total. The van der Waals surface area contributed by atoms with Gasteiger partial charge in [0.1, 0.15) is 11.5 Å². The third kappa shape index (κ3) is 4.56.